The molecule has 0 aromatic carbocycles. The van der Waals surface area contributed by atoms with Gasteiger partial charge in [0.25, 0.3) is 11.8 Å². The Kier molecular flexibility index (Phi) is 5.86. The number of methoxy groups -OCH3 is 2. The van der Waals surface area contributed by atoms with Crippen molar-refractivity contribution in [3.8, 4) is 28.9 Å². The van der Waals surface area contributed by atoms with Crippen molar-refractivity contribution in [1.82, 2.24) is 24.9 Å². The molecule has 27 heavy (non-hydrogen) atoms. The molecule has 0 saturated carbocycles. The van der Waals surface area contributed by atoms with Gasteiger partial charge < -0.3 is 24.2 Å². The number of halogens is 1. The molecule has 10 nitrogen and oxygen atoms in total. The maximum absolute atomic E-state index is 12.6. The van der Waals surface area contributed by atoms with E-state index in [1.54, 1.807) is 24.8 Å². The van der Waals surface area contributed by atoms with Crippen LogP contribution in [0.25, 0.3) is 11.4 Å². The molecular weight excluding hydrogens is 379 g/mol. The Labute approximate surface area is 156 Å². The topological polar surface area (TPSA) is 127 Å². The summed E-state index contributed by atoms with van der Waals surface area (Å²) in [6.07, 6.45) is 4.78. The van der Waals surface area contributed by atoms with Crippen LogP contribution in [0.3, 0.4) is 0 Å². The number of H-pyrrole nitrogens is 2. The molecule has 0 aliphatic rings. The van der Waals surface area contributed by atoms with E-state index in [4.69, 9.17) is 14.2 Å². The van der Waals surface area contributed by atoms with E-state index in [1.165, 1.54) is 14.2 Å². The zero-order valence-corrected chi connectivity index (χ0v) is 15.3. The Morgan fingerprint density at radius 2 is 1.93 bits per heavy atom. The van der Waals surface area contributed by atoms with Crippen molar-refractivity contribution in [1.29, 1.82) is 0 Å². The van der Waals surface area contributed by atoms with Gasteiger partial charge in [-0.05, 0) is 6.07 Å². The summed E-state index contributed by atoms with van der Waals surface area (Å²) >= 11 is 0. The van der Waals surface area contributed by atoms with Crippen molar-refractivity contribution in [2.24, 2.45) is 0 Å². The molecule has 0 saturated heterocycles. The lowest BCUT2D eigenvalue weighted by atomic mass is 10.3. The molecule has 0 amide bonds. The van der Waals surface area contributed by atoms with Crippen LogP contribution in [0.5, 0.6) is 17.5 Å². The fraction of sp³-hybridized carbons (Fsp3) is 0.267. The third-order valence-electron chi connectivity index (χ3n) is 3.36. The van der Waals surface area contributed by atoms with Crippen LogP contribution in [0.1, 0.15) is 0 Å². The predicted octanol–water partition coefficient (Wildman–Crippen LogP) is 1.69. The number of anilines is 1. The number of hydrogen-bond donors (Lipinski definition) is 3. The first kappa shape index (κ1) is 18.6. The van der Waals surface area contributed by atoms with Gasteiger partial charge in [0.1, 0.15) is 13.3 Å². The minimum Gasteiger partial charge on any atom is -0.481 e. The maximum atomic E-state index is 12.6. The van der Waals surface area contributed by atoms with E-state index in [9.17, 15) is 8.60 Å². The number of ether oxygens (including phenoxy) is 3. The summed E-state index contributed by atoms with van der Waals surface area (Å²) in [4.78, 5) is 18.5. The molecule has 12 heteroatoms. The van der Waals surface area contributed by atoms with E-state index in [2.05, 4.69) is 29.6 Å². The summed E-state index contributed by atoms with van der Waals surface area (Å²) in [5.41, 5.74) is 1.48. The predicted molar refractivity (Wildman–Crippen MR) is 95.0 cm³/mol. The number of nitrogens with one attached hydrogen (secondary N) is 3. The normalized spacial score (nSPS) is 11.8. The van der Waals surface area contributed by atoms with Crippen LogP contribution in [0.15, 0.2) is 29.7 Å². The number of nitrogens with zero attached hydrogens (tertiary/aromatic N) is 3. The Balaban J connectivity index is 1.81. The molecule has 0 radical (unpaired) electrons. The third-order valence-corrected chi connectivity index (χ3v) is 4.39. The Hall–Kier alpha value is -3.15. The number of aromatic nitrogens is 5. The van der Waals surface area contributed by atoms with Crippen molar-refractivity contribution in [2.45, 2.75) is 4.90 Å². The molecule has 3 aromatic heterocycles. The van der Waals surface area contributed by atoms with E-state index in [0.717, 1.165) is 11.4 Å². The number of imidazole rings is 1. The second-order valence-electron chi connectivity index (χ2n) is 5.02. The molecule has 1 atom stereocenters. The van der Waals surface area contributed by atoms with Crippen LogP contribution >= 0.6 is 0 Å². The molecule has 0 fully saturated rings. The molecule has 3 heterocycles. The molecule has 3 N–H and O–H groups in total. The minimum atomic E-state index is -1.66. The van der Waals surface area contributed by atoms with Crippen LogP contribution in [0.4, 0.5) is 10.3 Å². The van der Waals surface area contributed by atoms with Gasteiger partial charge in [0.15, 0.2) is 11.0 Å². The first-order valence-corrected chi connectivity index (χ1v) is 8.85. The second kappa shape index (κ2) is 8.49. The third kappa shape index (κ3) is 4.16. The van der Waals surface area contributed by atoms with Gasteiger partial charge >= 0.3 is 0 Å². The van der Waals surface area contributed by atoms with Crippen molar-refractivity contribution in [3.05, 3.63) is 24.8 Å². The van der Waals surface area contributed by atoms with E-state index in [1.807, 2.05) is 0 Å². The van der Waals surface area contributed by atoms with E-state index in [-0.39, 0.29) is 30.1 Å². The molecule has 0 aliphatic heterocycles. The summed E-state index contributed by atoms with van der Waals surface area (Å²) in [6.45, 7) is -0.892. The molecule has 144 valence electrons. The largest absolute Gasteiger partial charge is 0.481 e. The standard InChI is InChI=1S/C15H17FN6O4S/c1-24-13-12(26-4-3-16)14(25-2)21-15(20-13)22-27(23)9-5-10(18-6-9)11-7-17-8-19-11/h5-8,18H,3-4H2,1-2H3,(H,17,19)(H,20,21,22). The lowest BCUT2D eigenvalue weighted by Gasteiger charge is -2.13. The lowest BCUT2D eigenvalue weighted by molar-refractivity contribution is 0.240. The van der Waals surface area contributed by atoms with E-state index < -0.39 is 17.7 Å². The summed E-state index contributed by atoms with van der Waals surface area (Å²) in [6, 6.07) is 1.70. The fourth-order valence-corrected chi connectivity index (χ4v) is 2.94. The van der Waals surface area contributed by atoms with Gasteiger partial charge in [-0.2, -0.15) is 9.97 Å². The molecular formula is C15H17FN6O4S. The summed E-state index contributed by atoms with van der Waals surface area (Å²) in [5.74, 6) is 0.125. The lowest BCUT2D eigenvalue weighted by Crippen LogP contribution is -2.11. The fourth-order valence-electron chi connectivity index (χ4n) is 2.18. The highest BCUT2D eigenvalue weighted by atomic mass is 32.2. The van der Waals surface area contributed by atoms with Crippen LogP contribution < -0.4 is 18.9 Å². The van der Waals surface area contributed by atoms with Gasteiger partial charge in [0.2, 0.25) is 11.7 Å². The second-order valence-corrected chi connectivity index (χ2v) is 6.23. The van der Waals surface area contributed by atoms with Gasteiger partial charge in [0, 0.05) is 6.20 Å². The average molecular weight is 396 g/mol. The molecule has 0 spiro atoms. The molecule has 1 unspecified atom stereocenters. The molecule has 3 aromatic rings. The molecule has 0 aliphatic carbocycles. The smallest absolute Gasteiger partial charge is 0.265 e. The highest BCUT2D eigenvalue weighted by Gasteiger charge is 2.19. The van der Waals surface area contributed by atoms with Crippen LogP contribution in [0.2, 0.25) is 0 Å². The van der Waals surface area contributed by atoms with Crippen LogP contribution in [-0.4, -0.2) is 56.6 Å². The summed E-state index contributed by atoms with van der Waals surface area (Å²) in [5, 5.41) is 0. The highest BCUT2D eigenvalue weighted by Crippen LogP contribution is 2.35. The van der Waals surface area contributed by atoms with Crippen molar-refractivity contribution in [3.63, 3.8) is 0 Å². The van der Waals surface area contributed by atoms with Crippen molar-refractivity contribution < 1.29 is 22.8 Å². The number of aromatic amines is 2. The first-order valence-electron chi connectivity index (χ1n) is 7.70. The molecule has 0 bridgehead atoms. The van der Waals surface area contributed by atoms with Gasteiger partial charge in [0.05, 0.1) is 43.0 Å². The number of hydrogen-bond acceptors (Lipinski definition) is 7. The zero-order valence-electron chi connectivity index (χ0n) is 14.5. The zero-order chi connectivity index (χ0) is 19.2. The highest BCUT2D eigenvalue weighted by molar-refractivity contribution is 7.86. The maximum Gasteiger partial charge on any atom is 0.265 e. The average Bonchev–Trinajstić information content (AvgIpc) is 3.37. The monoisotopic (exact) mass is 396 g/mol. The van der Waals surface area contributed by atoms with Gasteiger partial charge in [-0.15, -0.1) is 0 Å². The first-order chi connectivity index (χ1) is 13.2. The van der Waals surface area contributed by atoms with Crippen molar-refractivity contribution >= 4 is 16.9 Å². The van der Waals surface area contributed by atoms with E-state index in [0.29, 0.717) is 4.90 Å². The SMILES string of the molecule is COc1nc(NS(=O)c2c[nH]c(-c3cnc[nH]3)c2)nc(OC)c1OCCF. The Morgan fingerprint density at radius 1 is 1.19 bits per heavy atom. The van der Waals surface area contributed by atoms with Gasteiger partial charge in [-0.25, -0.2) is 13.6 Å². The Bertz CT molecular complexity index is 892. The van der Waals surface area contributed by atoms with Crippen LogP contribution in [0, 0.1) is 0 Å². The van der Waals surface area contributed by atoms with Gasteiger partial charge in [-0.3, -0.25) is 4.72 Å². The summed E-state index contributed by atoms with van der Waals surface area (Å²) < 4.78 is 43.1. The van der Waals surface area contributed by atoms with E-state index >= 15 is 0 Å². The van der Waals surface area contributed by atoms with Crippen molar-refractivity contribution in [2.75, 3.05) is 32.2 Å². The van der Waals surface area contributed by atoms with Crippen LogP contribution in [-0.2, 0) is 11.0 Å². The number of alkyl halides is 1. The Morgan fingerprint density at radius 3 is 2.52 bits per heavy atom. The quantitative estimate of drug-likeness (QED) is 0.502. The number of rotatable bonds is 9. The molecule has 3 rings (SSSR count). The van der Waals surface area contributed by atoms with Gasteiger partial charge in [-0.1, -0.05) is 0 Å². The summed E-state index contributed by atoms with van der Waals surface area (Å²) in [7, 11) is 1.08. The minimum absolute atomic E-state index is 0.000998.